The van der Waals surface area contributed by atoms with Crippen LogP contribution in [0, 0.1) is 10.1 Å². The number of non-ortho nitro benzene ring substituents is 1. The Bertz CT molecular complexity index is 978. The quantitative estimate of drug-likeness (QED) is 0.281. The predicted octanol–water partition coefficient (Wildman–Crippen LogP) is 3.62. The van der Waals surface area contributed by atoms with Crippen LogP contribution in [0.2, 0.25) is 10.0 Å². The van der Waals surface area contributed by atoms with E-state index in [1.165, 1.54) is 13.0 Å². The molecule has 0 aliphatic carbocycles. The van der Waals surface area contributed by atoms with E-state index >= 15 is 0 Å². The van der Waals surface area contributed by atoms with Gasteiger partial charge in [0.15, 0.2) is 0 Å². The maximum absolute atomic E-state index is 12.1. The molecular weight excluding hydrogens is 409 g/mol. The van der Waals surface area contributed by atoms with Crippen molar-refractivity contribution < 1.29 is 14.5 Å². The van der Waals surface area contributed by atoms with Crippen LogP contribution in [0.5, 0.6) is 0 Å². The first-order valence-corrected chi connectivity index (χ1v) is 8.55. The molecule has 4 N–H and O–H groups in total. The van der Waals surface area contributed by atoms with Gasteiger partial charge in [0, 0.05) is 23.5 Å². The molecule has 0 saturated carbocycles. The molecule has 0 fully saturated rings. The number of carbonyl (C=O) groups excluding carboxylic acids is 2. The summed E-state index contributed by atoms with van der Waals surface area (Å²) in [5.74, 6) is -1.12. The second kappa shape index (κ2) is 9.16. The Labute approximate surface area is 169 Å². The number of nitrogens with two attached hydrogens (primary N) is 1. The summed E-state index contributed by atoms with van der Waals surface area (Å²) < 4.78 is 0. The fourth-order valence-electron chi connectivity index (χ4n) is 2.15. The summed E-state index contributed by atoms with van der Waals surface area (Å²) in [6, 6.07) is 8.30. The zero-order valence-corrected chi connectivity index (χ0v) is 16.0. The number of nitro groups is 1. The lowest BCUT2D eigenvalue weighted by molar-refractivity contribution is -0.384. The minimum atomic E-state index is -0.701. The number of nitrogen functional groups attached to an aromatic ring is 1. The summed E-state index contributed by atoms with van der Waals surface area (Å²) in [4.78, 5) is 34.4. The van der Waals surface area contributed by atoms with Crippen molar-refractivity contribution in [3.8, 4) is 0 Å². The summed E-state index contributed by atoms with van der Waals surface area (Å²) in [7, 11) is 0. The van der Waals surface area contributed by atoms with Gasteiger partial charge >= 0.3 is 0 Å². The lowest BCUT2D eigenvalue weighted by atomic mass is 10.1. The van der Waals surface area contributed by atoms with Crippen LogP contribution < -0.4 is 16.5 Å². The summed E-state index contributed by atoms with van der Waals surface area (Å²) in [5.41, 5.74) is 8.15. The zero-order chi connectivity index (χ0) is 20.8. The lowest BCUT2D eigenvalue weighted by Crippen LogP contribution is -2.21. The Morgan fingerprint density at radius 2 is 1.96 bits per heavy atom. The maximum atomic E-state index is 12.1. The van der Waals surface area contributed by atoms with Gasteiger partial charge in [0.05, 0.1) is 32.6 Å². The van der Waals surface area contributed by atoms with Gasteiger partial charge in [-0.1, -0.05) is 29.3 Å². The molecule has 0 aliphatic heterocycles. The molecule has 11 heteroatoms. The largest absolute Gasteiger partial charge is 0.399 e. The van der Waals surface area contributed by atoms with E-state index in [2.05, 4.69) is 15.8 Å². The third-order valence-electron chi connectivity index (χ3n) is 3.40. The first kappa shape index (κ1) is 21.1. The van der Waals surface area contributed by atoms with Gasteiger partial charge in [-0.3, -0.25) is 19.7 Å². The van der Waals surface area contributed by atoms with Crippen molar-refractivity contribution in [1.82, 2.24) is 5.43 Å². The average molecular weight is 424 g/mol. The van der Waals surface area contributed by atoms with Crippen LogP contribution in [0.25, 0.3) is 0 Å². The molecule has 2 amide bonds. The Morgan fingerprint density at radius 1 is 1.25 bits per heavy atom. The van der Waals surface area contributed by atoms with Gasteiger partial charge in [-0.05, 0) is 25.1 Å². The lowest BCUT2D eigenvalue weighted by Gasteiger charge is -2.08. The van der Waals surface area contributed by atoms with Crippen molar-refractivity contribution in [2.75, 3.05) is 11.1 Å². The number of nitrogens with one attached hydrogen (secondary N) is 2. The molecule has 146 valence electrons. The highest BCUT2D eigenvalue weighted by molar-refractivity contribution is 6.44. The van der Waals surface area contributed by atoms with E-state index in [1.54, 1.807) is 18.2 Å². The van der Waals surface area contributed by atoms with E-state index in [0.29, 0.717) is 16.4 Å². The number of nitro benzene ring substituents is 1. The normalized spacial score (nSPS) is 11.0. The number of carbonyl (C=O) groups is 2. The molecule has 0 unspecified atom stereocenters. The molecule has 0 spiro atoms. The number of anilines is 2. The van der Waals surface area contributed by atoms with Crippen molar-refractivity contribution in [1.29, 1.82) is 0 Å². The van der Waals surface area contributed by atoms with E-state index in [0.717, 1.165) is 12.1 Å². The number of amides is 2. The Balaban J connectivity index is 2.00. The molecule has 9 nitrogen and oxygen atoms in total. The summed E-state index contributed by atoms with van der Waals surface area (Å²) in [5, 5.41) is 17.8. The number of hydrazone groups is 1. The summed E-state index contributed by atoms with van der Waals surface area (Å²) >= 11 is 11.9. The smallest absolute Gasteiger partial charge is 0.272 e. The van der Waals surface area contributed by atoms with Crippen LogP contribution in [-0.4, -0.2) is 22.4 Å². The van der Waals surface area contributed by atoms with Crippen LogP contribution in [0.1, 0.15) is 23.7 Å². The molecule has 0 aliphatic rings. The van der Waals surface area contributed by atoms with Gasteiger partial charge in [0.1, 0.15) is 0 Å². The van der Waals surface area contributed by atoms with Gasteiger partial charge in [0.25, 0.3) is 11.6 Å². The molecule has 28 heavy (non-hydrogen) atoms. The second-order valence-electron chi connectivity index (χ2n) is 5.68. The number of hydrogen-bond donors (Lipinski definition) is 3. The predicted molar refractivity (Wildman–Crippen MR) is 108 cm³/mol. The number of nitrogens with zero attached hydrogens (tertiary/aromatic N) is 2. The van der Waals surface area contributed by atoms with Crippen LogP contribution in [0.15, 0.2) is 41.5 Å². The molecule has 0 atom stereocenters. The highest BCUT2D eigenvalue weighted by atomic mass is 35.5. The van der Waals surface area contributed by atoms with Gasteiger partial charge < -0.3 is 11.1 Å². The second-order valence-corrected chi connectivity index (χ2v) is 6.47. The average Bonchev–Trinajstić information content (AvgIpc) is 2.62. The number of hydrogen-bond acceptors (Lipinski definition) is 6. The van der Waals surface area contributed by atoms with Crippen molar-refractivity contribution in [2.45, 2.75) is 13.3 Å². The highest BCUT2D eigenvalue weighted by Crippen LogP contribution is 2.29. The van der Waals surface area contributed by atoms with E-state index in [1.807, 2.05) is 0 Å². The van der Waals surface area contributed by atoms with E-state index in [9.17, 15) is 19.7 Å². The summed E-state index contributed by atoms with van der Waals surface area (Å²) in [6.07, 6.45) is -0.125. The maximum Gasteiger partial charge on any atom is 0.272 e. The first-order chi connectivity index (χ1) is 13.2. The Hall–Kier alpha value is -3.17. The third kappa shape index (κ3) is 5.66. The summed E-state index contributed by atoms with van der Waals surface area (Å²) in [6.45, 7) is 1.53. The molecule has 0 aromatic heterocycles. The highest BCUT2D eigenvalue weighted by Gasteiger charge is 2.14. The minimum Gasteiger partial charge on any atom is -0.399 e. The first-order valence-electron chi connectivity index (χ1n) is 7.79. The van der Waals surface area contributed by atoms with Crippen molar-refractivity contribution >= 4 is 57.8 Å². The number of rotatable bonds is 6. The fourth-order valence-corrected chi connectivity index (χ4v) is 2.50. The van der Waals surface area contributed by atoms with Crippen LogP contribution in [-0.2, 0) is 4.79 Å². The van der Waals surface area contributed by atoms with E-state index in [4.69, 9.17) is 28.9 Å². The van der Waals surface area contributed by atoms with Gasteiger partial charge in [-0.25, -0.2) is 5.43 Å². The fraction of sp³-hybridized carbons (Fsp3) is 0.118. The van der Waals surface area contributed by atoms with Crippen LogP contribution in [0.4, 0.5) is 17.1 Å². The monoisotopic (exact) mass is 423 g/mol. The molecule has 2 aromatic carbocycles. The van der Waals surface area contributed by atoms with Crippen molar-refractivity contribution in [3.05, 3.63) is 62.1 Å². The molecule has 0 heterocycles. The Morgan fingerprint density at radius 3 is 2.64 bits per heavy atom. The Kier molecular flexibility index (Phi) is 6.91. The minimum absolute atomic E-state index is 0.0292. The van der Waals surface area contributed by atoms with Gasteiger partial charge in [-0.2, -0.15) is 5.10 Å². The van der Waals surface area contributed by atoms with Crippen LogP contribution >= 0.6 is 23.2 Å². The SMILES string of the molecule is C/C(CC(=O)Nc1cccc(Cl)c1Cl)=N\NC(=O)c1cc(N)cc([N+](=O)[O-])c1. The van der Waals surface area contributed by atoms with Crippen molar-refractivity contribution in [3.63, 3.8) is 0 Å². The zero-order valence-electron chi connectivity index (χ0n) is 14.5. The van der Waals surface area contributed by atoms with Crippen molar-refractivity contribution in [2.24, 2.45) is 5.10 Å². The van der Waals surface area contributed by atoms with E-state index < -0.39 is 16.7 Å². The number of halogens is 2. The topological polar surface area (TPSA) is 140 Å². The molecular formula is C17H15Cl2N5O4. The number of benzene rings is 2. The van der Waals surface area contributed by atoms with Gasteiger partial charge in [0.2, 0.25) is 5.91 Å². The van der Waals surface area contributed by atoms with Gasteiger partial charge in [-0.15, -0.1) is 0 Å². The molecule has 2 rings (SSSR count). The standard InChI is InChI=1S/C17H15Cl2N5O4/c1-9(5-15(25)21-14-4-2-3-13(18)16(14)19)22-23-17(26)10-6-11(20)8-12(7-10)24(27)28/h2-4,6-8H,5,20H2,1H3,(H,21,25)(H,23,26)/b22-9+. The molecule has 2 aromatic rings. The molecule has 0 radical (unpaired) electrons. The molecule has 0 saturated heterocycles. The molecule has 0 bridgehead atoms. The van der Waals surface area contributed by atoms with Crippen LogP contribution in [0.3, 0.4) is 0 Å². The van der Waals surface area contributed by atoms with E-state index in [-0.39, 0.29) is 28.4 Å². The third-order valence-corrected chi connectivity index (χ3v) is 4.22.